The van der Waals surface area contributed by atoms with E-state index in [4.69, 9.17) is 4.74 Å². The predicted molar refractivity (Wildman–Crippen MR) is 114 cm³/mol. The number of carbonyl (C=O) groups is 1. The third-order valence-corrected chi connectivity index (χ3v) is 5.42. The van der Waals surface area contributed by atoms with Crippen LogP contribution in [0.3, 0.4) is 0 Å². The van der Waals surface area contributed by atoms with Gasteiger partial charge in [-0.3, -0.25) is 4.79 Å². The van der Waals surface area contributed by atoms with Gasteiger partial charge in [0.15, 0.2) is 12.4 Å². The summed E-state index contributed by atoms with van der Waals surface area (Å²) in [5.74, 6) is 1.36. The number of fused-ring (bicyclic) bond motifs is 1. The van der Waals surface area contributed by atoms with Crippen molar-refractivity contribution < 1.29 is 9.53 Å². The molecule has 0 aliphatic carbocycles. The van der Waals surface area contributed by atoms with Gasteiger partial charge in [-0.1, -0.05) is 36.0 Å². The fraction of sp³-hybridized carbons (Fsp3) is 0.238. The van der Waals surface area contributed by atoms with Gasteiger partial charge in [-0.25, -0.2) is 0 Å². The zero-order chi connectivity index (χ0) is 20.4. The largest absolute Gasteiger partial charge is 0.483 e. The average molecular weight is 407 g/mol. The highest BCUT2D eigenvalue weighted by Crippen LogP contribution is 2.26. The van der Waals surface area contributed by atoms with Gasteiger partial charge in [-0.05, 0) is 49.7 Å². The van der Waals surface area contributed by atoms with Crippen LogP contribution in [0.4, 0.5) is 5.69 Å². The number of aromatic nitrogens is 4. The van der Waals surface area contributed by atoms with Crippen molar-refractivity contribution in [3.63, 3.8) is 0 Å². The molecule has 7 nitrogen and oxygen atoms in total. The van der Waals surface area contributed by atoms with E-state index in [1.807, 2.05) is 63.2 Å². The van der Waals surface area contributed by atoms with Crippen LogP contribution >= 0.6 is 11.3 Å². The summed E-state index contributed by atoms with van der Waals surface area (Å²) in [5.41, 5.74) is 3.85. The number of nitrogens with one attached hydrogen (secondary N) is 1. The Morgan fingerprint density at radius 2 is 1.93 bits per heavy atom. The number of hydrogen-bond acceptors (Lipinski definition) is 6. The number of nitrogens with zero attached hydrogens (tertiary/aromatic N) is 4. The Labute approximate surface area is 172 Å². The molecule has 0 radical (unpaired) electrons. The number of hydrogen-bond donors (Lipinski definition) is 1. The van der Waals surface area contributed by atoms with E-state index in [1.165, 1.54) is 11.3 Å². The van der Waals surface area contributed by atoms with Gasteiger partial charge < -0.3 is 10.1 Å². The van der Waals surface area contributed by atoms with E-state index >= 15 is 0 Å². The summed E-state index contributed by atoms with van der Waals surface area (Å²) in [4.78, 5) is 13.0. The molecule has 29 heavy (non-hydrogen) atoms. The monoisotopic (exact) mass is 407 g/mol. The van der Waals surface area contributed by atoms with Crippen molar-refractivity contribution in [2.75, 3.05) is 11.9 Å². The maximum absolute atomic E-state index is 12.2. The second kappa shape index (κ2) is 8.00. The Bertz CT molecular complexity index is 1160. The lowest BCUT2D eigenvalue weighted by atomic mass is 10.1. The Morgan fingerprint density at radius 1 is 1.14 bits per heavy atom. The third-order valence-electron chi connectivity index (χ3n) is 4.48. The van der Waals surface area contributed by atoms with Gasteiger partial charge in [0.25, 0.3) is 5.91 Å². The topological polar surface area (TPSA) is 81.4 Å². The number of amides is 1. The lowest BCUT2D eigenvalue weighted by Gasteiger charge is -2.10. The Hall–Kier alpha value is -3.26. The zero-order valence-corrected chi connectivity index (χ0v) is 17.3. The second-order valence-electron chi connectivity index (χ2n) is 6.75. The second-order valence-corrected chi connectivity index (χ2v) is 7.71. The molecule has 0 aliphatic heterocycles. The molecule has 2 aromatic carbocycles. The summed E-state index contributed by atoms with van der Waals surface area (Å²) in [6.45, 7) is 5.98. The zero-order valence-electron chi connectivity index (χ0n) is 16.5. The van der Waals surface area contributed by atoms with Gasteiger partial charge in [0.2, 0.25) is 4.96 Å². The van der Waals surface area contributed by atoms with Crippen molar-refractivity contribution in [2.24, 2.45) is 0 Å². The molecule has 1 N–H and O–H groups in total. The Morgan fingerprint density at radius 3 is 2.66 bits per heavy atom. The molecule has 0 saturated carbocycles. The SMILES string of the molecule is CCc1nnc2sc(-c3ccc(NC(=O)COc4ccc(C)cc4C)cc3)nn12. The van der Waals surface area contributed by atoms with E-state index in [0.29, 0.717) is 5.69 Å². The van der Waals surface area contributed by atoms with Crippen molar-refractivity contribution >= 4 is 27.9 Å². The van der Waals surface area contributed by atoms with Crippen LogP contribution in [0, 0.1) is 13.8 Å². The number of anilines is 1. The van der Waals surface area contributed by atoms with E-state index in [9.17, 15) is 4.79 Å². The molecule has 0 fully saturated rings. The summed E-state index contributed by atoms with van der Waals surface area (Å²) in [7, 11) is 0. The molecule has 4 rings (SSSR count). The summed E-state index contributed by atoms with van der Waals surface area (Å²) >= 11 is 1.49. The summed E-state index contributed by atoms with van der Waals surface area (Å²) in [6.07, 6.45) is 0.777. The van der Waals surface area contributed by atoms with E-state index in [1.54, 1.807) is 4.52 Å². The van der Waals surface area contributed by atoms with Gasteiger partial charge in [0, 0.05) is 17.7 Å². The third kappa shape index (κ3) is 4.12. The lowest BCUT2D eigenvalue weighted by Crippen LogP contribution is -2.20. The number of benzene rings is 2. The Kier molecular flexibility index (Phi) is 5.26. The van der Waals surface area contributed by atoms with Crippen LogP contribution < -0.4 is 10.1 Å². The van der Waals surface area contributed by atoms with Crippen LogP contribution in [0.15, 0.2) is 42.5 Å². The summed E-state index contributed by atoms with van der Waals surface area (Å²) in [5, 5.41) is 16.6. The first-order valence-corrected chi connectivity index (χ1v) is 10.2. The smallest absolute Gasteiger partial charge is 0.262 e. The summed E-state index contributed by atoms with van der Waals surface area (Å²) in [6, 6.07) is 13.4. The highest BCUT2D eigenvalue weighted by Gasteiger charge is 2.12. The molecule has 148 valence electrons. The first kappa shape index (κ1) is 19.1. The van der Waals surface area contributed by atoms with Crippen LogP contribution in [-0.4, -0.2) is 32.3 Å². The van der Waals surface area contributed by atoms with E-state index in [2.05, 4.69) is 20.6 Å². The highest BCUT2D eigenvalue weighted by atomic mass is 32.1. The first-order chi connectivity index (χ1) is 14.0. The normalized spacial score (nSPS) is 11.0. The van der Waals surface area contributed by atoms with Crippen molar-refractivity contribution in [1.82, 2.24) is 19.8 Å². The van der Waals surface area contributed by atoms with Crippen molar-refractivity contribution in [2.45, 2.75) is 27.2 Å². The van der Waals surface area contributed by atoms with Crippen LogP contribution in [0.5, 0.6) is 5.75 Å². The molecular weight excluding hydrogens is 386 g/mol. The molecule has 0 atom stereocenters. The molecule has 2 aromatic heterocycles. The standard InChI is InChI=1S/C21H21N5O2S/c1-4-18-23-24-21-26(18)25-20(29-21)15-6-8-16(9-7-15)22-19(27)12-28-17-10-5-13(2)11-14(17)3/h5-11H,4,12H2,1-3H3,(H,22,27). The van der Waals surface area contributed by atoms with Gasteiger partial charge in [0.1, 0.15) is 10.8 Å². The fourth-order valence-corrected chi connectivity index (χ4v) is 3.86. The molecular formula is C21H21N5O2S. The first-order valence-electron chi connectivity index (χ1n) is 9.35. The quantitative estimate of drug-likeness (QED) is 0.521. The number of carbonyl (C=O) groups excluding carboxylic acids is 1. The molecule has 2 heterocycles. The van der Waals surface area contributed by atoms with Gasteiger partial charge in [0.05, 0.1) is 0 Å². The van der Waals surface area contributed by atoms with Gasteiger partial charge in [-0.2, -0.15) is 9.61 Å². The minimum atomic E-state index is -0.205. The van der Waals surface area contributed by atoms with Gasteiger partial charge >= 0.3 is 0 Å². The van der Waals surface area contributed by atoms with E-state index < -0.39 is 0 Å². The average Bonchev–Trinajstić information content (AvgIpc) is 3.28. The Balaban J connectivity index is 1.39. The van der Waals surface area contributed by atoms with E-state index in [-0.39, 0.29) is 12.5 Å². The summed E-state index contributed by atoms with van der Waals surface area (Å²) < 4.78 is 7.41. The fourth-order valence-electron chi connectivity index (χ4n) is 2.99. The molecule has 0 unspecified atom stereocenters. The molecule has 8 heteroatoms. The van der Waals surface area contributed by atoms with Crippen LogP contribution in [0.1, 0.15) is 23.9 Å². The minimum absolute atomic E-state index is 0.0396. The van der Waals surface area contributed by atoms with E-state index in [0.717, 1.165) is 44.7 Å². The van der Waals surface area contributed by atoms with Gasteiger partial charge in [-0.15, -0.1) is 10.2 Å². The molecule has 4 aromatic rings. The number of aryl methyl sites for hydroxylation is 3. The molecule has 0 spiro atoms. The maximum Gasteiger partial charge on any atom is 0.262 e. The van der Waals surface area contributed by atoms with Crippen molar-refractivity contribution in [1.29, 1.82) is 0 Å². The van der Waals surface area contributed by atoms with Crippen LogP contribution in [-0.2, 0) is 11.2 Å². The minimum Gasteiger partial charge on any atom is -0.483 e. The van der Waals surface area contributed by atoms with Crippen molar-refractivity contribution in [3.8, 4) is 16.3 Å². The predicted octanol–water partition coefficient (Wildman–Crippen LogP) is 4.05. The molecule has 0 saturated heterocycles. The maximum atomic E-state index is 12.2. The highest BCUT2D eigenvalue weighted by molar-refractivity contribution is 7.19. The molecule has 0 bridgehead atoms. The molecule has 0 aliphatic rings. The number of rotatable bonds is 6. The number of ether oxygens (including phenoxy) is 1. The lowest BCUT2D eigenvalue weighted by molar-refractivity contribution is -0.118. The van der Waals surface area contributed by atoms with Crippen LogP contribution in [0.25, 0.3) is 15.5 Å². The molecule has 1 amide bonds. The van der Waals surface area contributed by atoms with Crippen molar-refractivity contribution in [3.05, 3.63) is 59.4 Å². The van der Waals surface area contributed by atoms with Crippen LogP contribution in [0.2, 0.25) is 0 Å².